The Kier molecular flexibility index (Phi) is 9.66. The van der Waals surface area contributed by atoms with Crippen molar-refractivity contribution in [2.24, 2.45) is 16.8 Å². The van der Waals surface area contributed by atoms with E-state index in [1.165, 1.54) is 12.8 Å². The number of hydrogen-bond donors (Lipinski definition) is 2. The number of nitrogens with one attached hydrogen (secondary N) is 2. The topological polar surface area (TPSA) is 39.7 Å². The summed E-state index contributed by atoms with van der Waals surface area (Å²) in [6, 6.07) is 0.545. The van der Waals surface area contributed by atoms with E-state index < -0.39 is 0 Å². The molecule has 0 rings (SSSR count). The van der Waals surface area contributed by atoms with Crippen LogP contribution in [0.25, 0.3) is 0 Å². The van der Waals surface area contributed by atoms with Gasteiger partial charge in [-0.05, 0) is 38.8 Å². The summed E-state index contributed by atoms with van der Waals surface area (Å²) in [6.07, 6.45) is 2.37. The Morgan fingerprint density at radius 2 is 1.68 bits per heavy atom. The average molecular weight is 270 g/mol. The first-order chi connectivity index (χ1) is 8.86. The predicted molar refractivity (Wildman–Crippen MR) is 85.7 cm³/mol. The van der Waals surface area contributed by atoms with E-state index in [0.717, 1.165) is 25.0 Å². The SMILES string of the molecule is CN=C(NCCC(C)C)NCC(CC(C)C)N(C)C. The van der Waals surface area contributed by atoms with E-state index in [1.54, 1.807) is 0 Å². The van der Waals surface area contributed by atoms with Crippen LogP contribution < -0.4 is 10.6 Å². The number of likely N-dealkylation sites (N-methyl/N-ethyl adjacent to an activating group) is 1. The molecule has 0 spiro atoms. The van der Waals surface area contributed by atoms with Crippen molar-refractivity contribution in [2.75, 3.05) is 34.2 Å². The molecular formula is C15H34N4. The molecule has 2 N–H and O–H groups in total. The maximum Gasteiger partial charge on any atom is 0.191 e. The van der Waals surface area contributed by atoms with Crippen molar-refractivity contribution in [1.82, 2.24) is 15.5 Å². The van der Waals surface area contributed by atoms with Crippen molar-refractivity contribution >= 4 is 5.96 Å². The first-order valence-corrected chi connectivity index (χ1v) is 7.47. The molecule has 0 aliphatic heterocycles. The first kappa shape index (κ1) is 18.2. The molecule has 1 unspecified atom stereocenters. The highest BCUT2D eigenvalue weighted by molar-refractivity contribution is 5.79. The van der Waals surface area contributed by atoms with Gasteiger partial charge in [0.2, 0.25) is 0 Å². The molecule has 0 aliphatic rings. The van der Waals surface area contributed by atoms with Gasteiger partial charge >= 0.3 is 0 Å². The Balaban J connectivity index is 4.09. The van der Waals surface area contributed by atoms with Crippen molar-refractivity contribution in [2.45, 2.75) is 46.6 Å². The van der Waals surface area contributed by atoms with Gasteiger partial charge in [-0.15, -0.1) is 0 Å². The largest absolute Gasteiger partial charge is 0.356 e. The number of nitrogens with zero attached hydrogens (tertiary/aromatic N) is 2. The van der Waals surface area contributed by atoms with Crippen LogP contribution in [-0.2, 0) is 0 Å². The molecule has 0 saturated heterocycles. The second-order valence-electron chi connectivity index (χ2n) is 6.31. The van der Waals surface area contributed by atoms with Crippen molar-refractivity contribution in [3.8, 4) is 0 Å². The van der Waals surface area contributed by atoms with Crippen LogP contribution in [0.15, 0.2) is 4.99 Å². The van der Waals surface area contributed by atoms with E-state index in [-0.39, 0.29) is 0 Å². The summed E-state index contributed by atoms with van der Waals surface area (Å²) >= 11 is 0. The van der Waals surface area contributed by atoms with Gasteiger partial charge in [0.1, 0.15) is 0 Å². The van der Waals surface area contributed by atoms with Gasteiger partial charge in [-0.25, -0.2) is 0 Å². The van der Waals surface area contributed by atoms with E-state index >= 15 is 0 Å². The van der Waals surface area contributed by atoms with Gasteiger partial charge < -0.3 is 15.5 Å². The molecule has 0 heterocycles. The third-order valence-corrected chi connectivity index (χ3v) is 3.22. The van der Waals surface area contributed by atoms with E-state index in [0.29, 0.717) is 12.0 Å². The lowest BCUT2D eigenvalue weighted by atomic mass is 10.0. The number of aliphatic imine (C=N–C) groups is 1. The van der Waals surface area contributed by atoms with Crippen LogP contribution >= 0.6 is 0 Å². The summed E-state index contributed by atoms with van der Waals surface area (Å²) in [7, 11) is 6.12. The fourth-order valence-electron chi connectivity index (χ4n) is 1.94. The van der Waals surface area contributed by atoms with Gasteiger partial charge in [0.05, 0.1) is 0 Å². The van der Waals surface area contributed by atoms with E-state index in [1.807, 2.05) is 7.05 Å². The molecule has 0 aromatic heterocycles. The molecule has 0 amide bonds. The second-order valence-corrected chi connectivity index (χ2v) is 6.31. The molecule has 0 saturated carbocycles. The minimum Gasteiger partial charge on any atom is -0.356 e. The molecule has 4 heteroatoms. The molecule has 0 aliphatic carbocycles. The molecule has 0 bridgehead atoms. The summed E-state index contributed by atoms with van der Waals surface area (Å²) in [5, 5.41) is 6.80. The van der Waals surface area contributed by atoms with Gasteiger partial charge in [0, 0.05) is 26.2 Å². The number of rotatable bonds is 8. The van der Waals surface area contributed by atoms with Crippen LogP contribution in [0.2, 0.25) is 0 Å². The quantitative estimate of drug-likeness (QED) is 0.524. The van der Waals surface area contributed by atoms with Crippen LogP contribution in [0, 0.1) is 11.8 Å². The van der Waals surface area contributed by atoms with Gasteiger partial charge in [-0.2, -0.15) is 0 Å². The molecule has 0 aromatic rings. The molecule has 0 fully saturated rings. The zero-order chi connectivity index (χ0) is 14.8. The average Bonchev–Trinajstić information content (AvgIpc) is 2.30. The summed E-state index contributed by atoms with van der Waals surface area (Å²) in [5.41, 5.74) is 0. The van der Waals surface area contributed by atoms with Gasteiger partial charge in [0.15, 0.2) is 5.96 Å². The van der Waals surface area contributed by atoms with Crippen LogP contribution in [-0.4, -0.2) is 51.1 Å². The molecule has 19 heavy (non-hydrogen) atoms. The van der Waals surface area contributed by atoms with Crippen molar-refractivity contribution in [3.05, 3.63) is 0 Å². The Labute approximate surface area is 120 Å². The van der Waals surface area contributed by atoms with Gasteiger partial charge in [-0.3, -0.25) is 4.99 Å². The lowest BCUT2D eigenvalue weighted by Crippen LogP contribution is -2.45. The lowest BCUT2D eigenvalue weighted by molar-refractivity contribution is 0.254. The summed E-state index contributed by atoms with van der Waals surface area (Å²) < 4.78 is 0. The fourth-order valence-corrected chi connectivity index (χ4v) is 1.94. The first-order valence-electron chi connectivity index (χ1n) is 7.47. The maximum absolute atomic E-state index is 4.27. The van der Waals surface area contributed by atoms with E-state index in [4.69, 9.17) is 0 Å². The number of guanidine groups is 1. The normalized spacial score (nSPS) is 14.3. The monoisotopic (exact) mass is 270 g/mol. The summed E-state index contributed by atoms with van der Waals surface area (Å²) in [5.74, 6) is 2.35. The zero-order valence-electron chi connectivity index (χ0n) is 14.0. The van der Waals surface area contributed by atoms with Crippen LogP contribution in [0.1, 0.15) is 40.5 Å². The van der Waals surface area contributed by atoms with Crippen LogP contribution in [0.3, 0.4) is 0 Å². The highest BCUT2D eigenvalue weighted by atomic mass is 15.2. The molecule has 114 valence electrons. The Morgan fingerprint density at radius 1 is 1.05 bits per heavy atom. The zero-order valence-corrected chi connectivity index (χ0v) is 14.0. The van der Waals surface area contributed by atoms with E-state index in [9.17, 15) is 0 Å². The standard InChI is InChI=1S/C15H34N4/c1-12(2)8-9-17-15(16-5)18-11-14(19(6)7)10-13(3)4/h12-14H,8-11H2,1-7H3,(H2,16,17,18). The highest BCUT2D eigenvalue weighted by Crippen LogP contribution is 2.07. The van der Waals surface area contributed by atoms with Crippen LogP contribution in [0.4, 0.5) is 0 Å². The van der Waals surface area contributed by atoms with Crippen LogP contribution in [0.5, 0.6) is 0 Å². The molecule has 0 aromatic carbocycles. The third kappa shape index (κ3) is 9.77. The van der Waals surface area contributed by atoms with Gasteiger partial charge in [-0.1, -0.05) is 27.7 Å². The van der Waals surface area contributed by atoms with Crippen molar-refractivity contribution < 1.29 is 0 Å². The lowest BCUT2D eigenvalue weighted by Gasteiger charge is -2.27. The maximum atomic E-state index is 4.27. The molecule has 4 nitrogen and oxygen atoms in total. The fraction of sp³-hybridized carbons (Fsp3) is 0.933. The minimum absolute atomic E-state index is 0.545. The molecule has 0 radical (unpaired) electrons. The molecular weight excluding hydrogens is 236 g/mol. The number of hydrogen-bond acceptors (Lipinski definition) is 2. The second kappa shape index (κ2) is 10.1. The summed E-state index contributed by atoms with van der Waals surface area (Å²) in [6.45, 7) is 10.9. The smallest absolute Gasteiger partial charge is 0.191 e. The van der Waals surface area contributed by atoms with Crippen molar-refractivity contribution in [3.63, 3.8) is 0 Å². The molecule has 1 atom stereocenters. The highest BCUT2D eigenvalue weighted by Gasteiger charge is 2.13. The predicted octanol–water partition coefficient (Wildman–Crippen LogP) is 2.17. The van der Waals surface area contributed by atoms with Gasteiger partial charge in [0.25, 0.3) is 0 Å². The Hall–Kier alpha value is -0.770. The Morgan fingerprint density at radius 3 is 2.11 bits per heavy atom. The van der Waals surface area contributed by atoms with Crippen molar-refractivity contribution in [1.29, 1.82) is 0 Å². The Bertz CT molecular complexity index is 247. The van der Waals surface area contributed by atoms with E-state index in [2.05, 4.69) is 62.3 Å². The minimum atomic E-state index is 0.545. The summed E-state index contributed by atoms with van der Waals surface area (Å²) in [4.78, 5) is 6.56. The third-order valence-electron chi connectivity index (χ3n) is 3.22.